The van der Waals surface area contributed by atoms with E-state index >= 15 is 0 Å². The van der Waals surface area contributed by atoms with E-state index in [2.05, 4.69) is 57.0 Å². The Balaban J connectivity index is 2.03. The van der Waals surface area contributed by atoms with Crippen molar-refractivity contribution in [2.24, 2.45) is 17.8 Å². The summed E-state index contributed by atoms with van der Waals surface area (Å²) in [5, 5.41) is 0. The zero-order valence-corrected chi connectivity index (χ0v) is 11.4. The van der Waals surface area contributed by atoms with Crippen LogP contribution in [0.5, 0.6) is 0 Å². The van der Waals surface area contributed by atoms with Crippen molar-refractivity contribution >= 4 is 5.69 Å². The van der Waals surface area contributed by atoms with Crippen molar-refractivity contribution in [2.75, 3.05) is 11.9 Å². The first-order valence-corrected chi connectivity index (χ1v) is 6.93. The number of anilines is 1. The fraction of sp³-hybridized carbons (Fsp3) is 0.625. The van der Waals surface area contributed by atoms with E-state index in [1.165, 1.54) is 12.1 Å². The molecule has 1 heterocycles. The van der Waals surface area contributed by atoms with Gasteiger partial charge < -0.3 is 4.90 Å². The lowest BCUT2D eigenvalue weighted by atomic mass is 9.84. The van der Waals surface area contributed by atoms with Gasteiger partial charge in [0.05, 0.1) is 0 Å². The summed E-state index contributed by atoms with van der Waals surface area (Å²) in [7, 11) is 2.29. The van der Waals surface area contributed by atoms with Crippen LogP contribution in [0.15, 0.2) is 24.3 Å². The van der Waals surface area contributed by atoms with Crippen LogP contribution in [0.3, 0.4) is 0 Å². The zero-order chi connectivity index (χ0) is 12.2. The lowest BCUT2D eigenvalue weighted by Gasteiger charge is -2.32. The van der Waals surface area contributed by atoms with Gasteiger partial charge in [-0.25, -0.2) is 0 Å². The SMILES string of the molecule is CC(C)C1C(C)CC2c3ccccc3N(C)C21. The highest BCUT2D eigenvalue weighted by molar-refractivity contribution is 5.62. The van der Waals surface area contributed by atoms with Crippen LogP contribution in [-0.4, -0.2) is 13.1 Å². The lowest BCUT2D eigenvalue weighted by molar-refractivity contribution is 0.284. The number of para-hydroxylation sites is 1. The van der Waals surface area contributed by atoms with Crippen LogP contribution in [-0.2, 0) is 0 Å². The normalized spacial score (nSPS) is 35.2. The summed E-state index contributed by atoms with van der Waals surface area (Å²) in [6.45, 7) is 7.22. The van der Waals surface area contributed by atoms with E-state index in [1.807, 2.05) is 0 Å². The standard InChI is InChI=1S/C16H23N/c1-10(2)15-11(3)9-13-12-7-5-6-8-14(12)17(4)16(13)15/h5-8,10-11,13,15-16H,9H2,1-4H3. The molecule has 4 atom stereocenters. The first kappa shape index (κ1) is 11.1. The summed E-state index contributed by atoms with van der Waals surface area (Å²) in [6.07, 6.45) is 1.37. The molecular weight excluding hydrogens is 206 g/mol. The van der Waals surface area contributed by atoms with Crippen LogP contribution >= 0.6 is 0 Å². The largest absolute Gasteiger partial charge is 0.370 e. The molecule has 1 heteroatoms. The molecule has 17 heavy (non-hydrogen) atoms. The minimum Gasteiger partial charge on any atom is -0.370 e. The van der Waals surface area contributed by atoms with Crippen molar-refractivity contribution in [1.82, 2.24) is 0 Å². The summed E-state index contributed by atoms with van der Waals surface area (Å²) >= 11 is 0. The molecule has 1 saturated carbocycles. The van der Waals surface area contributed by atoms with Gasteiger partial charge in [-0.1, -0.05) is 39.0 Å². The van der Waals surface area contributed by atoms with Crippen LogP contribution in [0.4, 0.5) is 5.69 Å². The Labute approximate surface area is 105 Å². The highest BCUT2D eigenvalue weighted by Crippen LogP contribution is 2.54. The molecule has 3 rings (SSSR count). The van der Waals surface area contributed by atoms with Crippen LogP contribution in [0.25, 0.3) is 0 Å². The van der Waals surface area contributed by atoms with Gasteiger partial charge in [0.1, 0.15) is 0 Å². The first-order valence-electron chi connectivity index (χ1n) is 6.93. The second kappa shape index (κ2) is 3.76. The number of hydrogen-bond donors (Lipinski definition) is 0. The van der Waals surface area contributed by atoms with E-state index in [9.17, 15) is 0 Å². The molecule has 0 amide bonds. The monoisotopic (exact) mass is 229 g/mol. The molecule has 2 aliphatic rings. The maximum absolute atomic E-state index is 2.55. The zero-order valence-electron chi connectivity index (χ0n) is 11.4. The van der Waals surface area contributed by atoms with Crippen LogP contribution < -0.4 is 4.90 Å². The molecule has 1 aliphatic heterocycles. The second-order valence-electron chi connectivity index (χ2n) is 6.30. The van der Waals surface area contributed by atoms with Gasteiger partial charge in [0.15, 0.2) is 0 Å². The summed E-state index contributed by atoms with van der Waals surface area (Å²) in [4.78, 5) is 2.55. The third kappa shape index (κ3) is 1.44. The average molecular weight is 229 g/mol. The van der Waals surface area contributed by atoms with Gasteiger partial charge in [0.2, 0.25) is 0 Å². The lowest BCUT2D eigenvalue weighted by Crippen LogP contribution is -2.37. The molecule has 0 saturated heterocycles. The van der Waals surface area contributed by atoms with Gasteiger partial charge in [-0.15, -0.1) is 0 Å². The van der Waals surface area contributed by atoms with Gasteiger partial charge in [0.25, 0.3) is 0 Å². The number of hydrogen-bond acceptors (Lipinski definition) is 1. The molecule has 1 nitrogen and oxygen atoms in total. The maximum atomic E-state index is 2.55. The van der Waals surface area contributed by atoms with Crippen LogP contribution in [0, 0.1) is 17.8 Å². The topological polar surface area (TPSA) is 3.24 Å². The Morgan fingerprint density at radius 1 is 1.24 bits per heavy atom. The molecule has 0 N–H and O–H groups in total. The molecule has 1 aromatic carbocycles. The molecule has 4 unspecified atom stereocenters. The molecule has 0 bridgehead atoms. The molecule has 92 valence electrons. The molecule has 0 aromatic heterocycles. The Kier molecular flexibility index (Phi) is 2.46. The predicted molar refractivity (Wildman–Crippen MR) is 73.5 cm³/mol. The van der Waals surface area contributed by atoms with Crippen molar-refractivity contribution in [2.45, 2.75) is 39.2 Å². The van der Waals surface area contributed by atoms with Gasteiger partial charge in [-0.3, -0.25) is 0 Å². The molecule has 0 spiro atoms. The van der Waals surface area contributed by atoms with E-state index < -0.39 is 0 Å². The predicted octanol–water partition coefficient (Wildman–Crippen LogP) is 3.90. The minimum absolute atomic E-state index is 0.738. The third-order valence-electron chi connectivity index (χ3n) is 5.02. The van der Waals surface area contributed by atoms with Crippen molar-refractivity contribution in [3.05, 3.63) is 29.8 Å². The van der Waals surface area contributed by atoms with Gasteiger partial charge in [-0.05, 0) is 35.8 Å². The summed E-state index contributed by atoms with van der Waals surface area (Å²) in [5.74, 6) is 3.27. The Morgan fingerprint density at radius 2 is 1.94 bits per heavy atom. The summed E-state index contributed by atoms with van der Waals surface area (Å²) in [5.41, 5.74) is 3.06. The molecule has 0 radical (unpaired) electrons. The molecule has 1 aliphatic carbocycles. The number of likely N-dealkylation sites (N-methyl/N-ethyl adjacent to an activating group) is 1. The van der Waals surface area contributed by atoms with Gasteiger partial charge >= 0.3 is 0 Å². The van der Waals surface area contributed by atoms with E-state index in [1.54, 1.807) is 5.56 Å². The van der Waals surface area contributed by atoms with Crippen molar-refractivity contribution < 1.29 is 0 Å². The molecule has 1 aromatic rings. The summed E-state index contributed by atoms with van der Waals surface area (Å²) in [6, 6.07) is 9.73. The Morgan fingerprint density at radius 3 is 2.65 bits per heavy atom. The maximum Gasteiger partial charge on any atom is 0.0402 e. The Bertz CT molecular complexity index is 423. The third-order valence-corrected chi connectivity index (χ3v) is 5.02. The molecular formula is C16H23N. The van der Waals surface area contributed by atoms with Gasteiger partial charge in [-0.2, -0.15) is 0 Å². The number of nitrogens with zero attached hydrogens (tertiary/aromatic N) is 1. The number of rotatable bonds is 1. The van der Waals surface area contributed by atoms with E-state index in [-0.39, 0.29) is 0 Å². The average Bonchev–Trinajstić information content (AvgIpc) is 2.76. The van der Waals surface area contributed by atoms with E-state index in [0.29, 0.717) is 0 Å². The quantitative estimate of drug-likeness (QED) is 0.706. The number of benzene rings is 1. The number of fused-ring (bicyclic) bond motifs is 3. The second-order valence-corrected chi connectivity index (χ2v) is 6.30. The van der Waals surface area contributed by atoms with E-state index in [0.717, 1.165) is 29.7 Å². The highest BCUT2D eigenvalue weighted by Gasteiger charge is 2.49. The van der Waals surface area contributed by atoms with Crippen molar-refractivity contribution in [1.29, 1.82) is 0 Å². The van der Waals surface area contributed by atoms with E-state index in [4.69, 9.17) is 0 Å². The highest BCUT2D eigenvalue weighted by atomic mass is 15.2. The fourth-order valence-corrected chi connectivity index (χ4v) is 4.48. The molecule has 1 fully saturated rings. The van der Waals surface area contributed by atoms with Crippen molar-refractivity contribution in [3.63, 3.8) is 0 Å². The van der Waals surface area contributed by atoms with Crippen molar-refractivity contribution in [3.8, 4) is 0 Å². The Hall–Kier alpha value is -0.980. The van der Waals surface area contributed by atoms with Crippen LogP contribution in [0.2, 0.25) is 0 Å². The first-order chi connectivity index (χ1) is 8.11. The fourth-order valence-electron chi connectivity index (χ4n) is 4.48. The van der Waals surface area contributed by atoms with Crippen LogP contribution in [0.1, 0.15) is 38.7 Å². The summed E-state index contributed by atoms with van der Waals surface area (Å²) < 4.78 is 0. The smallest absolute Gasteiger partial charge is 0.0402 e. The minimum atomic E-state index is 0.738. The van der Waals surface area contributed by atoms with Gasteiger partial charge in [0, 0.05) is 24.7 Å².